The zero-order valence-corrected chi connectivity index (χ0v) is 9.64. The van der Waals surface area contributed by atoms with Crippen LogP contribution in [0.25, 0.3) is 5.69 Å². The zero-order valence-electron chi connectivity index (χ0n) is 8.12. The Hall–Kier alpha value is -1.46. The molecule has 0 aliphatic rings. The first-order chi connectivity index (χ1) is 8.02. The third-order valence-corrected chi connectivity index (χ3v) is 2.67. The first kappa shape index (κ1) is 12.0. The molecule has 0 N–H and O–H groups in total. The molecule has 0 saturated carbocycles. The number of aldehydes is 1. The number of nitrogens with zero attached hydrogens (tertiary/aromatic N) is 2. The molecule has 0 bridgehead atoms. The van der Waals surface area contributed by atoms with Gasteiger partial charge in [-0.05, 0) is 12.1 Å². The van der Waals surface area contributed by atoms with Gasteiger partial charge in [0.1, 0.15) is 16.8 Å². The summed E-state index contributed by atoms with van der Waals surface area (Å²) in [7, 11) is 0. The average molecular weight is 277 g/mol. The molecule has 0 radical (unpaired) electrons. The Morgan fingerprint density at radius 3 is 2.24 bits per heavy atom. The number of carbonyl (C=O) groups is 1. The highest BCUT2D eigenvalue weighted by Crippen LogP contribution is 2.26. The van der Waals surface area contributed by atoms with E-state index in [0.717, 1.165) is 16.8 Å². The number of carbonyl (C=O) groups excluding carboxylic acids is 1. The van der Waals surface area contributed by atoms with Crippen LogP contribution < -0.4 is 0 Å². The van der Waals surface area contributed by atoms with Crippen molar-refractivity contribution in [3.05, 3.63) is 45.7 Å². The van der Waals surface area contributed by atoms with Crippen LogP contribution in [-0.2, 0) is 0 Å². The molecule has 1 aromatic heterocycles. The van der Waals surface area contributed by atoms with Gasteiger partial charge in [0, 0.05) is 6.07 Å². The normalized spacial score (nSPS) is 10.6. The van der Waals surface area contributed by atoms with Gasteiger partial charge in [-0.3, -0.25) is 4.79 Å². The van der Waals surface area contributed by atoms with Crippen LogP contribution in [0.4, 0.5) is 8.78 Å². The molecule has 2 rings (SSSR count). The highest BCUT2D eigenvalue weighted by Gasteiger charge is 2.16. The molecule has 7 heteroatoms. The minimum Gasteiger partial charge on any atom is -0.298 e. The zero-order chi connectivity index (χ0) is 12.6. The summed E-state index contributed by atoms with van der Waals surface area (Å²) >= 11 is 11.5. The van der Waals surface area contributed by atoms with E-state index in [-0.39, 0.29) is 21.6 Å². The number of benzene rings is 1. The van der Waals surface area contributed by atoms with Crippen molar-refractivity contribution in [2.45, 2.75) is 0 Å². The summed E-state index contributed by atoms with van der Waals surface area (Å²) in [6.45, 7) is 0. The lowest BCUT2D eigenvalue weighted by Gasteiger charge is -2.03. The van der Waals surface area contributed by atoms with Crippen molar-refractivity contribution >= 4 is 29.5 Å². The summed E-state index contributed by atoms with van der Waals surface area (Å²) < 4.78 is 27.0. The fraction of sp³-hybridized carbons (Fsp3) is 0. The summed E-state index contributed by atoms with van der Waals surface area (Å²) in [5, 5.41) is 3.49. The molecule has 0 fully saturated rings. The van der Waals surface area contributed by atoms with Crippen LogP contribution in [0.2, 0.25) is 10.3 Å². The molecule has 0 aliphatic heterocycles. The van der Waals surface area contributed by atoms with Gasteiger partial charge in [0.15, 0.2) is 11.4 Å². The highest BCUT2D eigenvalue weighted by atomic mass is 35.5. The number of hydrogen-bond acceptors (Lipinski definition) is 2. The van der Waals surface area contributed by atoms with Crippen molar-refractivity contribution in [2.75, 3.05) is 0 Å². The van der Waals surface area contributed by atoms with E-state index in [1.165, 1.54) is 0 Å². The third-order valence-electron chi connectivity index (χ3n) is 2.03. The second-order valence-corrected chi connectivity index (χ2v) is 3.87. The van der Waals surface area contributed by atoms with Crippen molar-refractivity contribution in [1.29, 1.82) is 0 Å². The predicted molar refractivity (Wildman–Crippen MR) is 58.9 cm³/mol. The van der Waals surface area contributed by atoms with Crippen molar-refractivity contribution in [3.8, 4) is 5.69 Å². The lowest BCUT2D eigenvalue weighted by Crippen LogP contribution is -1.98. The van der Waals surface area contributed by atoms with Crippen molar-refractivity contribution < 1.29 is 13.6 Å². The predicted octanol–water partition coefficient (Wildman–Crippen LogP) is 3.27. The Labute approximate surface area is 105 Å². The monoisotopic (exact) mass is 276 g/mol. The Morgan fingerprint density at radius 2 is 1.76 bits per heavy atom. The summed E-state index contributed by atoms with van der Waals surface area (Å²) in [6, 6.07) is 2.75. The molecule has 0 aliphatic carbocycles. The molecule has 0 spiro atoms. The van der Waals surface area contributed by atoms with Crippen LogP contribution in [0.15, 0.2) is 18.2 Å². The van der Waals surface area contributed by atoms with Gasteiger partial charge in [0.2, 0.25) is 0 Å². The van der Waals surface area contributed by atoms with Gasteiger partial charge in [-0.1, -0.05) is 23.2 Å². The Kier molecular flexibility index (Phi) is 3.13. The van der Waals surface area contributed by atoms with E-state index >= 15 is 0 Å². The standard InChI is InChI=1S/C10H4Cl2F2N2O/c11-9-8(4-17)10(12)16(15-9)7-2-5(13)1-6(14)3-7/h1-4H. The van der Waals surface area contributed by atoms with E-state index in [1.54, 1.807) is 0 Å². The first-order valence-corrected chi connectivity index (χ1v) is 5.14. The van der Waals surface area contributed by atoms with E-state index in [2.05, 4.69) is 5.10 Å². The topological polar surface area (TPSA) is 34.9 Å². The SMILES string of the molecule is O=Cc1c(Cl)nn(-c2cc(F)cc(F)c2)c1Cl. The average Bonchev–Trinajstić information content (AvgIpc) is 2.52. The van der Waals surface area contributed by atoms with Crippen molar-refractivity contribution in [2.24, 2.45) is 0 Å². The molecular formula is C10H4Cl2F2N2O. The molecule has 88 valence electrons. The van der Waals surface area contributed by atoms with Gasteiger partial charge in [-0.25, -0.2) is 13.5 Å². The third kappa shape index (κ3) is 2.16. The van der Waals surface area contributed by atoms with Gasteiger partial charge in [0.05, 0.1) is 11.3 Å². The molecule has 1 aromatic carbocycles. The quantitative estimate of drug-likeness (QED) is 0.789. The minimum absolute atomic E-state index is 0.0296. The molecule has 2 aromatic rings. The molecule has 3 nitrogen and oxygen atoms in total. The molecule has 17 heavy (non-hydrogen) atoms. The van der Waals surface area contributed by atoms with Crippen LogP contribution in [0.5, 0.6) is 0 Å². The van der Waals surface area contributed by atoms with E-state index in [1.807, 2.05) is 0 Å². The summed E-state index contributed by atoms with van der Waals surface area (Å²) in [5.41, 5.74) is 0.0144. The lowest BCUT2D eigenvalue weighted by atomic mass is 10.3. The number of rotatable bonds is 2. The number of aromatic nitrogens is 2. The Balaban J connectivity index is 2.64. The van der Waals surface area contributed by atoms with Crippen LogP contribution in [0.3, 0.4) is 0 Å². The van der Waals surface area contributed by atoms with Crippen molar-refractivity contribution in [3.63, 3.8) is 0 Å². The maximum absolute atomic E-state index is 13.0. The van der Waals surface area contributed by atoms with Gasteiger partial charge < -0.3 is 0 Å². The first-order valence-electron chi connectivity index (χ1n) is 4.38. The molecule has 0 atom stereocenters. The Morgan fingerprint density at radius 1 is 1.18 bits per heavy atom. The Bertz CT molecular complexity index is 578. The second kappa shape index (κ2) is 4.43. The van der Waals surface area contributed by atoms with Gasteiger partial charge in [0.25, 0.3) is 0 Å². The molecular weight excluding hydrogens is 273 g/mol. The van der Waals surface area contributed by atoms with Crippen molar-refractivity contribution in [1.82, 2.24) is 9.78 Å². The van der Waals surface area contributed by atoms with Gasteiger partial charge >= 0.3 is 0 Å². The number of halogens is 4. The largest absolute Gasteiger partial charge is 0.298 e. The second-order valence-electron chi connectivity index (χ2n) is 3.15. The fourth-order valence-corrected chi connectivity index (χ4v) is 1.84. The smallest absolute Gasteiger partial charge is 0.163 e. The maximum atomic E-state index is 13.0. The maximum Gasteiger partial charge on any atom is 0.163 e. The van der Waals surface area contributed by atoms with E-state index in [0.29, 0.717) is 12.4 Å². The fourth-order valence-electron chi connectivity index (χ4n) is 1.31. The summed E-state index contributed by atoms with van der Waals surface area (Å²) in [5.74, 6) is -1.56. The molecule has 1 heterocycles. The van der Waals surface area contributed by atoms with Crippen LogP contribution in [0, 0.1) is 11.6 Å². The summed E-state index contributed by atoms with van der Waals surface area (Å²) in [6.07, 6.45) is 0.420. The van der Waals surface area contributed by atoms with Gasteiger partial charge in [-0.2, -0.15) is 5.10 Å². The minimum atomic E-state index is -0.782. The van der Waals surface area contributed by atoms with Crippen LogP contribution >= 0.6 is 23.2 Å². The lowest BCUT2D eigenvalue weighted by molar-refractivity contribution is 0.112. The summed E-state index contributed by atoms with van der Waals surface area (Å²) in [4.78, 5) is 10.7. The van der Waals surface area contributed by atoms with Gasteiger partial charge in [-0.15, -0.1) is 0 Å². The van der Waals surface area contributed by atoms with E-state index in [4.69, 9.17) is 23.2 Å². The highest BCUT2D eigenvalue weighted by molar-refractivity contribution is 6.37. The van der Waals surface area contributed by atoms with Crippen LogP contribution in [0.1, 0.15) is 10.4 Å². The van der Waals surface area contributed by atoms with E-state index in [9.17, 15) is 13.6 Å². The molecule has 0 saturated heterocycles. The van der Waals surface area contributed by atoms with Crippen LogP contribution in [-0.4, -0.2) is 16.1 Å². The van der Waals surface area contributed by atoms with E-state index < -0.39 is 11.6 Å². The number of hydrogen-bond donors (Lipinski definition) is 0. The molecule has 0 unspecified atom stereocenters. The molecule has 0 amide bonds.